The highest BCUT2D eigenvalue weighted by molar-refractivity contribution is 7.18. The number of piperazine rings is 1. The smallest absolute Gasteiger partial charge is 0.140 e. The number of hydrogen-bond acceptors (Lipinski definition) is 5. The van der Waals surface area contributed by atoms with E-state index in [2.05, 4.69) is 39.7 Å². The van der Waals surface area contributed by atoms with Crippen molar-refractivity contribution in [2.24, 2.45) is 0 Å². The monoisotopic (exact) mass is 262 g/mol. The van der Waals surface area contributed by atoms with Crippen LogP contribution < -0.4 is 4.90 Å². The second kappa shape index (κ2) is 4.82. The number of aryl methyl sites for hydroxylation is 1. The number of fused-ring (bicyclic) bond motifs is 1. The Kier molecular flexibility index (Phi) is 3.18. The summed E-state index contributed by atoms with van der Waals surface area (Å²) < 4.78 is 0. The quantitative estimate of drug-likeness (QED) is 0.830. The lowest BCUT2D eigenvalue weighted by Gasteiger charge is -2.34. The van der Waals surface area contributed by atoms with Gasteiger partial charge in [-0.1, -0.05) is 6.92 Å². The maximum atomic E-state index is 4.50. The van der Waals surface area contributed by atoms with Gasteiger partial charge in [-0.15, -0.1) is 11.3 Å². The summed E-state index contributed by atoms with van der Waals surface area (Å²) in [5, 5.41) is 1.21. The van der Waals surface area contributed by atoms with Gasteiger partial charge in [0.25, 0.3) is 0 Å². The maximum absolute atomic E-state index is 4.50. The Hall–Kier alpha value is -1.20. The van der Waals surface area contributed by atoms with Gasteiger partial charge in [-0.3, -0.25) is 0 Å². The second-order valence-electron chi connectivity index (χ2n) is 4.69. The van der Waals surface area contributed by atoms with Gasteiger partial charge in [0, 0.05) is 31.1 Å². The molecule has 96 valence electrons. The number of likely N-dealkylation sites (N-methyl/N-ethyl adjacent to an activating group) is 1. The Morgan fingerprint density at radius 1 is 1.22 bits per heavy atom. The van der Waals surface area contributed by atoms with Crippen LogP contribution in [-0.2, 0) is 0 Å². The lowest BCUT2D eigenvalue weighted by atomic mass is 10.2. The van der Waals surface area contributed by atoms with Gasteiger partial charge in [-0.05, 0) is 19.5 Å². The molecule has 0 saturated carbocycles. The molecule has 0 N–H and O–H groups in total. The molecule has 18 heavy (non-hydrogen) atoms. The minimum atomic E-state index is 1.06. The van der Waals surface area contributed by atoms with Gasteiger partial charge in [0.05, 0.1) is 5.39 Å². The summed E-state index contributed by atoms with van der Waals surface area (Å²) in [7, 11) is 0. The maximum Gasteiger partial charge on any atom is 0.140 e. The molecule has 5 heteroatoms. The Balaban J connectivity index is 1.90. The van der Waals surface area contributed by atoms with E-state index in [1.165, 1.54) is 10.3 Å². The van der Waals surface area contributed by atoms with Crippen LogP contribution in [0, 0.1) is 6.92 Å². The summed E-state index contributed by atoms with van der Waals surface area (Å²) in [4.78, 5) is 16.1. The Morgan fingerprint density at radius 2 is 2.00 bits per heavy atom. The Bertz CT molecular complexity index is 543. The van der Waals surface area contributed by atoms with E-state index in [0.29, 0.717) is 0 Å². The second-order valence-corrected chi connectivity index (χ2v) is 5.93. The van der Waals surface area contributed by atoms with Crippen LogP contribution in [0.4, 0.5) is 5.82 Å². The number of aromatic nitrogens is 2. The summed E-state index contributed by atoms with van der Waals surface area (Å²) in [5.41, 5.74) is 0. The molecule has 0 bridgehead atoms. The van der Waals surface area contributed by atoms with Gasteiger partial charge in [-0.2, -0.15) is 0 Å². The van der Waals surface area contributed by atoms with Crippen molar-refractivity contribution in [2.75, 3.05) is 37.6 Å². The lowest BCUT2D eigenvalue weighted by molar-refractivity contribution is 0.271. The van der Waals surface area contributed by atoms with E-state index in [0.717, 1.165) is 43.4 Å². The number of rotatable bonds is 2. The number of anilines is 1. The van der Waals surface area contributed by atoms with Crippen LogP contribution in [-0.4, -0.2) is 47.6 Å². The van der Waals surface area contributed by atoms with Crippen LogP contribution in [0.3, 0.4) is 0 Å². The Morgan fingerprint density at radius 3 is 2.72 bits per heavy atom. The molecule has 0 atom stereocenters. The molecule has 1 saturated heterocycles. The van der Waals surface area contributed by atoms with E-state index in [1.54, 1.807) is 17.7 Å². The van der Waals surface area contributed by atoms with E-state index in [1.807, 2.05) is 0 Å². The van der Waals surface area contributed by atoms with Gasteiger partial charge >= 0.3 is 0 Å². The zero-order chi connectivity index (χ0) is 12.5. The predicted molar refractivity (Wildman–Crippen MR) is 76.5 cm³/mol. The zero-order valence-electron chi connectivity index (χ0n) is 10.9. The molecule has 1 aliphatic heterocycles. The summed E-state index contributed by atoms with van der Waals surface area (Å²) in [6.45, 7) is 9.89. The average molecular weight is 262 g/mol. The predicted octanol–water partition coefficient (Wildman–Crippen LogP) is 2.14. The van der Waals surface area contributed by atoms with Crippen molar-refractivity contribution < 1.29 is 0 Å². The van der Waals surface area contributed by atoms with Crippen molar-refractivity contribution in [3.8, 4) is 0 Å². The summed E-state index contributed by atoms with van der Waals surface area (Å²) in [6, 6.07) is 2.21. The van der Waals surface area contributed by atoms with E-state index < -0.39 is 0 Å². The topological polar surface area (TPSA) is 32.3 Å². The fraction of sp³-hybridized carbons (Fsp3) is 0.538. The highest BCUT2D eigenvalue weighted by atomic mass is 32.1. The first-order chi connectivity index (χ1) is 8.78. The average Bonchev–Trinajstić information content (AvgIpc) is 2.79. The fourth-order valence-corrected chi connectivity index (χ4v) is 3.33. The van der Waals surface area contributed by atoms with E-state index in [4.69, 9.17) is 0 Å². The third-order valence-electron chi connectivity index (χ3n) is 3.55. The van der Waals surface area contributed by atoms with Crippen molar-refractivity contribution in [3.63, 3.8) is 0 Å². The third-order valence-corrected chi connectivity index (χ3v) is 4.51. The highest BCUT2D eigenvalue weighted by Gasteiger charge is 2.19. The molecule has 0 aromatic carbocycles. The Labute approximate surface area is 111 Å². The highest BCUT2D eigenvalue weighted by Crippen LogP contribution is 2.30. The standard InChI is InChI=1S/C13H18N4S/c1-3-16-4-6-17(7-5-16)12-11-8-10(2)18-13(11)15-9-14-12/h8-9H,3-7H2,1-2H3. The molecule has 0 amide bonds. The number of hydrogen-bond donors (Lipinski definition) is 0. The lowest BCUT2D eigenvalue weighted by Crippen LogP contribution is -2.46. The molecule has 1 fully saturated rings. The first-order valence-electron chi connectivity index (χ1n) is 6.46. The van der Waals surface area contributed by atoms with Crippen LogP contribution in [0.15, 0.2) is 12.4 Å². The van der Waals surface area contributed by atoms with E-state index in [9.17, 15) is 0 Å². The van der Waals surface area contributed by atoms with Crippen LogP contribution in [0.25, 0.3) is 10.2 Å². The molecule has 3 heterocycles. The molecular weight excluding hydrogens is 244 g/mol. The molecule has 0 aliphatic carbocycles. The largest absolute Gasteiger partial charge is 0.353 e. The summed E-state index contributed by atoms with van der Waals surface area (Å²) >= 11 is 1.75. The first kappa shape index (κ1) is 11.9. The molecule has 1 aliphatic rings. The van der Waals surface area contributed by atoms with E-state index in [-0.39, 0.29) is 0 Å². The minimum Gasteiger partial charge on any atom is -0.353 e. The molecule has 2 aromatic rings. The molecule has 0 spiro atoms. The van der Waals surface area contributed by atoms with Crippen LogP contribution in [0.1, 0.15) is 11.8 Å². The number of nitrogens with zero attached hydrogens (tertiary/aromatic N) is 4. The molecule has 3 rings (SSSR count). The van der Waals surface area contributed by atoms with Gasteiger partial charge in [-0.25, -0.2) is 9.97 Å². The van der Waals surface area contributed by atoms with Gasteiger partial charge < -0.3 is 9.80 Å². The molecule has 0 unspecified atom stereocenters. The van der Waals surface area contributed by atoms with Crippen LogP contribution in [0.5, 0.6) is 0 Å². The zero-order valence-corrected chi connectivity index (χ0v) is 11.7. The van der Waals surface area contributed by atoms with Crippen molar-refractivity contribution in [1.29, 1.82) is 0 Å². The van der Waals surface area contributed by atoms with Gasteiger partial charge in [0.1, 0.15) is 17.0 Å². The van der Waals surface area contributed by atoms with Crippen LogP contribution >= 0.6 is 11.3 Å². The molecular formula is C13H18N4S. The number of thiophene rings is 1. The summed E-state index contributed by atoms with van der Waals surface area (Å²) in [5.74, 6) is 1.11. The van der Waals surface area contributed by atoms with Crippen molar-refractivity contribution in [3.05, 3.63) is 17.3 Å². The van der Waals surface area contributed by atoms with Crippen molar-refractivity contribution in [2.45, 2.75) is 13.8 Å². The van der Waals surface area contributed by atoms with Crippen LogP contribution in [0.2, 0.25) is 0 Å². The third kappa shape index (κ3) is 2.08. The molecule has 4 nitrogen and oxygen atoms in total. The first-order valence-corrected chi connectivity index (χ1v) is 7.28. The molecule has 0 radical (unpaired) electrons. The minimum absolute atomic E-state index is 1.06. The van der Waals surface area contributed by atoms with Crippen molar-refractivity contribution >= 4 is 27.4 Å². The van der Waals surface area contributed by atoms with E-state index >= 15 is 0 Å². The summed E-state index contributed by atoms with van der Waals surface area (Å²) in [6.07, 6.45) is 1.69. The van der Waals surface area contributed by atoms with Gasteiger partial charge in [0.15, 0.2) is 0 Å². The normalized spacial score (nSPS) is 17.6. The SMILES string of the molecule is CCN1CCN(c2ncnc3sc(C)cc23)CC1. The molecule has 2 aromatic heterocycles. The van der Waals surface area contributed by atoms with Crippen molar-refractivity contribution in [1.82, 2.24) is 14.9 Å². The van der Waals surface area contributed by atoms with Gasteiger partial charge in [0.2, 0.25) is 0 Å². The fourth-order valence-electron chi connectivity index (χ4n) is 2.49.